The zero-order chi connectivity index (χ0) is 14.9. The van der Waals surface area contributed by atoms with Crippen LogP contribution in [0.1, 0.15) is 13.8 Å². The molecule has 1 heterocycles. The Morgan fingerprint density at radius 3 is 2.15 bits per heavy atom. The van der Waals surface area contributed by atoms with E-state index in [2.05, 4.69) is 0 Å². The van der Waals surface area contributed by atoms with Gasteiger partial charge in [0.05, 0.1) is 0 Å². The molecule has 0 bridgehead atoms. The number of carbonyl (C=O) groups is 3. The fourth-order valence-corrected chi connectivity index (χ4v) is 1.85. The first-order valence-electron chi connectivity index (χ1n) is 6.00. The molecule has 0 aliphatic carbocycles. The molecule has 1 fully saturated rings. The quantitative estimate of drug-likeness (QED) is 0.578. The van der Waals surface area contributed by atoms with Crippen LogP contribution in [0.5, 0.6) is 5.75 Å². The molecule has 1 aliphatic heterocycles. The zero-order valence-electron chi connectivity index (χ0n) is 11.4. The number of nitrogens with zero attached hydrogens (tertiary/aromatic N) is 2. The predicted octanol–water partition coefficient (Wildman–Crippen LogP) is 1.74. The average molecular weight is 274 g/mol. The van der Waals surface area contributed by atoms with Crippen LogP contribution in [-0.4, -0.2) is 35.0 Å². The van der Waals surface area contributed by atoms with Gasteiger partial charge in [0.2, 0.25) is 0 Å². The van der Waals surface area contributed by atoms with Gasteiger partial charge in [-0.25, -0.2) is 9.80 Å². The van der Waals surface area contributed by atoms with Crippen LogP contribution in [0.3, 0.4) is 0 Å². The van der Waals surface area contributed by atoms with Gasteiger partial charge >= 0.3 is 6.09 Å². The first-order valence-corrected chi connectivity index (χ1v) is 6.00. The smallest absolute Gasteiger partial charge is 0.409 e. The number of likely N-dealkylation sites (N-methyl/N-ethyl adjacent to an activating group) is 1. The van der Waals surface area contributed by atoms with Crippen molar-refractivity contribution in [3.05, 3.63) is 41.5 Å². The largest absolute Gasteiger partial charge is 0.442 e. The number of allylic oxidation sites excluding steroid dienone is 1. The molecule has 6 nitrogen and oxygen atoms in total. The Labute approximate surface area is 116 Å². The molecule has 2 rings (SSSR count). The monoisotopic (exact) mass is 274 g/mol. The summed E-state index contributed by atoms with van der Waals surface area (Å²) >= 11 is 0. The lowest BCUT2D eigenvalue weighted by Crippen LogP contribution is -2.44. The van der Waals surface area contributed by atoms with E-state index in [1.807, 2.05) is 0 Å². The van der Waals surface area contributed by atoms with Crippen molar-refractivity contribution in [3.8, 4) is 5.75 Å². The molecule has 20 heavy (non-hydrogen) atoms. The highest BCUT2D eigenvalue weighted by molar-refractivity contribution is 6.26. The van der Waals surface area contributed by atoms with Crippen LogP contribution in [0.25, 0.3) is 0 Å². The Bertz CT molecular complexity index is 603. The molecule has 3 amide bonds. The van der Waals surface area contributed by atoms with Crippen LogP contribution in [0.4, 0.5) is 4.79 Å². The standard InChI is InChI=1S/C14H14N2O4/c1-9(2)11-12(17)15(3)16(13(11)18)14(19)20-10-7-5-4-6-8-10/h4-8H,1-3H3. The van der Waals surface area contributed by atoms with E-state index in [1.54, 1.807) is 44.2 Å². The van der Waals surface area contributed by atoms with Crippen LogP contribution < -0.4 is 4.74 Å². The van der Waals surface area contributed by atoms with Crippen molar-refractivity contribution in [1.29, 1.82) is 0 Å². The van der Waals surface area contributed by atoms with Crippen molar-refractivity contribution in [2.45, 2.75) is 13.8 Å². The molecule has 1 aliphatic rings. The second kappa shape index (κ2) is 5.16. The van der Waals surface area contributed by atoms with Gasteiger partial charge in [0, 0.05) is 7.05 Å². The zero-order valence-corrected chi connectivity index (χ0v) is 11.4. The predicted molar refractivity (Wildman–Crippen MR) is 70.5 cm³/mol. The minimum Gasteiger partial charge on any atom is -0.409 e. The molecule has 1 saturated heterocycles. The molecule has 1 aromatic carbocycles. The molecule has 104 valence electrons. The molecule has 0 N–H and O–H groups in total. The fourth-order valence-electron chi connectivity index (χ4n) is 1.85. The first-order chi connectivity index (χ1) is 9.43. The highest BCUT2D eigenvalue weighted by Gasteiger charge is 2.44. The fraction of sp³-hybridized carbons (Fsp3) is 0.214. The number of amides is 3. The van der Waals surface area contributed by atoms with E-state index in [0.717, 1.165) is 5.01 Å². The number of hydrogen-bond donors (Lipinski definition) is 0. The lowest BCUT2D eigenvalue weighted by molar-refractivity contribution is -0.139. The minimum atomic E-state index is -0.909. The average Bonchev–Trinajstić information content (AvgIpc) is 2.61. The van der Waals surface area contributed by atoms with Gasteiger partial charge < -0.3 is 4.74 Å². The van der Waals surface area contributed by atoms with E-state index in [4.69, 9.17) is 4.74 Å². The number of hydrogen-bond acceptors (Lipinski definition) is 4. The highest BCUT2D eigenvalue weighted by Crippen LogP contribution is 2.22. The summed E-state index contributed by atoms with van der Waals surface area (Å²) in [6.07, 6.45) is -0.909. The molecule has 0 radical (unpaired) electrons. The number of benzene rings is 1. The topological polar surface area (TPSA) is 66.9 Å². The van der Waals surface area contributed by atoms with Crippen molar-refractivity contribution in [1.82, 2.24) is 10.0 Å². The van der Waals surface area contributed by atoms with Crippen LogP contribution in [0, 0.1) is 0 Å². The van der Waals surface area contributed by atoms with Crippen LogP contribution in [-0.2, 0) is 9.59 Å². The lowest BCUT2D eigenvalue weighted by atomic mass is 10.1. The summed E-state index contributed by atoms with van der Waals surface area (Å²) in [5, 5.41) is 1.65. The van der Waals surface area contributed by atoms with Crippen molar-refractivity contribution in [2.75, 3.05) is 7.05 Å². The normalized spacial score (nSPS) is 14.8. The molecule has 0 unspecified atom stereocenters. The van der Waals surface area contributed by atoms with E-state index in [1.165, 1.54) is 7.05 Å². The Kier molecular flexibility index (Phi) is 3.56. The van der Waals surface area contributed by atoms with Gasteiger partial charge in [-0.1, -0.05) is 23.8 Å². The third kappa shape index (κ3) is 2.27. The number of para-hydroxylation sites is 1. The van der Waals surface area contributed by atoms with E-state index < -0.39 is 17.9 Å². The lowest BCUT2D eigenvalue weighted by Gasteiger charge is -2.20. The molecular formula is C14H14N2O4. The van der Waals surface area contributed by atoms with E-state index in [0.29, 0.717) is 16.3 Å². The van der Waals surface area contributed by atoms with Gasteiger partial charge in [-0.3, -0.25) is 9.59 Å². The van der Waals surface area contributed by atoms with Gasteiger partial charge in [0.1, 0.15) is 11.3 Å². The van der Waals surface area contributed by atoms with Gasteiger partial charge in [-0.2, -0.15) is 0 Å². The van der Waals surface area contributed by atoms with Gasteiger partial charge in [0.25, 0.3) is 11.8 Å². The van der Waals surface area contributed by atoms with Crippen LogP contribution in [0.2, 0.25) is 0 Å². The summed E-state index contributed by atoms with van der Waals surface area (Å²) in [4.78, 5) is 36.0. The maximum Gasteiger partial charge on any atom is 0.442 e. The molecule has 0 atom stereocenters. The first kappa shape index (κ1) is 13.8. The molecule has 0 saturated carbocycles. The molecule has 1 aromatic rings. The second-order valence-electron chi connectivity index (χ2n) is 4.50. The number of rotatable bonds is 1. The van der Waals surface area contributed by atoms with E-state index in [9.17, 15) is 14.4 Å². The maximum absolute atomic E-state index is 12.1. The highest BCUT2D eigenvalue weighted by atomic mass is 16.6. The molecule has 6 heteroatoms. The van der Waals surface area contributed by atoms with Crippen molar-refractivity contribution in [3.63, 3.8) is 0 Å². The Hall–Kier alpha value is -2.63. The van der Waals surface area contributed by atoms with Crippen LogP contribution in [0.15, 0.2) is 41.5 Å². The maximum atomic E-state index is 12.1. The Morgan fingerprint density at radius 1 is 1.05 bits per heavy atom. The summed E-state index contributed by atoms with van der Waals surface area (Å²) < 4.78 is 5.07. The number of carbonyl (C=O) groups excluding carboxylic acids is 3. The van der Waals surface area contributed by atoms with E-state index in [-0.39, 0.29) is 5.57 Å². The summed E-state index contributed by atoms with van der Waals surface area (Å²) in [6, 6.07) is 8.34. The van der Waals surface area contributed by atoms with Gasteiger partial charge in [0.15, 0.2) is 0 Å². The number of imide groups is 1. The van der Waals surface area contributed by atoms with Gasteiger partial charge in [-0.05, 0) is 26.0 Å². The van der Waals surface area contributed by atoms with Crippen molar-refractivity contribution in [2.24, 2.45) is 0 Å². The Morgan fingerprint density at radius 2 is 1.65 bits per heavy atom. The number of hydrazine groups is 1. The molecule has 0 aromatic heterocycles. The number of ether oxygens (including phenoxy) is 1. The third-order valence-electron chi connectivity index (χ3n) is 2.84. The molecule has 0 spiro atoms. The van der Waals surface area contributed by atoms with Crippen molar-refractivity contribution < 1.29 is 19.1 Å². The minimum absolute atomic E-state index is 0.00230. The van der Waals surface area contributed by atoms with E-state index >= 15 is 0 Å². The molecular weight excluding hydrogens is 260 g/mol. The summed E-state index contributed by atoms with van der Waals surface area (Å²) in [5.41, 5.74) is 0.555. The Balaban J connectivity index is 2.25. The third-order valence-corrected chi connectivity index (χ3v) is 2.84. The van der Waals surface area contributed by atoms with Gasteiger partial charge in [-0.15, -0.1) is 5.01 Å². The summed E-state index contributed by atoms with van der Waals surface area (Å²) in [7, 11) is 1.35. The summed E-state index contributed by atoms with van der Waals surface area (Å²) in [6.45, 7) is 3.29. The summed E-state index contributed by atoms with van der Waals surface area (Å²) in [5.74, 6) is -0.879. The van der Waals surface area contributed by atoms with Crippen molar-refractivity contribution >= 4 is 17.9 Å². The van der Waals surface area contributed by atoms with Crippen LogP contribution >= 0.6 is 0 Å². The SMILES string of the molecule is CC(C)=C1C(=O)N(C)N(C(=O)Oc2ccccc2)C1=O. The second-order valence-corrected chi connectivity index (χ2v) is 4.50.